The smallest absolute Gasteiger partial charge is 0.0624 e. The first-order valence-electron chi connectivity index (χ1n) is 7.46. The molecule has 0 bridgehead atoms. The van der Waals surface area contributed by atoms with Crippen LogP contribution in [-0.2, 0) is 24.1 Å². The molecule has 0 aliphatic heterocycles. The molecular weight excluding hydrogens is 238 g/mol. The topological polar surface area (TPSA) is 39.1 Å². The molecule has 0 aromatic carbocycles. The van der Waals surface area contributed by atoms with E-state index in [1.807, 2.05) is 0 Å². The number of ether oxygens (including phenoxy) is 1. The first-order valence-corrected chi connectivity index (χ1v) is 7.46. The molecular formula is C15H29N3O. The average molecular weight is 267 g/mol. The number of nitrogens with zero attached hydrogens (tertiary/aromatic N) is 2. The van der Waals surface area contributed by atoms with E-state index in [2.05, 4.69) is 41.9 Å². The second kappa shape index (κ2) is 9.10. The molecule has 1 aromatic heterocycles. The molecule has 1 rings (SSSR count). The van der Waals surface area contributed by atoms with Crippen LogP contribution in [0.1, 0.15) is 38.6 Å². The second-order valence-electron chi connectivity index (χ2n) is 5.14. The van der Waals surface area contributed by atoms with Gasteiger partial charge in [-0.1, -0.05) is 13.8 Å². The molecule has 0 fully saturated rings. The summed E-state index contributed by atoms with van der Waals surface area (Å²) in [5, 5.41) is 8.02. The normalized spacial score (nSPS) is 12.8. The molecule has 0 amide bonds. The fraction of sp³-hybridized carbons (Fsp3) is 0.800. The van der Waals surface area contributed by atoms with Crippen molar-refractivity contribution in [3.8, 4) is 0 Å². The zero-order valence-corrected chi connectivity index (χ0v) is 12.9. The van der Waals surface area contributed by atoms with Crippen LogP contribution in [0.3, 0.4) is 0 Å². The summed E-state index contributed by atoms with van der Waals surface area (Å²) in [7, 11) is 1.74. The Hall–Kier alpha value is -0.870. The zero-order valence-electron chi connectivity index (χ0n) is 12.9. The van der Waals surface area contributed by atoms with E-state index in [1.54, 1.807) is 7.11 Å². The number of nitrogens with one attached hydrogen (secondary N) is 1. The maximum atomic E-state index is 5.02. The Balaban J connectivity index is 2.32. The van der Waals surface area contributed by atoms with Crippen molar-refractivity contribution in [3.05, 3.63) is 17.5 Å². The zero-order chi connectivity index (χ0) is 14.1. The van der Waals surface area contributed by atoms with Crippen molar-refractivity contribution in [2.24, 2.45) is 5.92 Å². The first-order chi connectivity index (χ1) is 9.21. The Kier molecular flexibility index (Phi) is 7.75. The van der Waals surface area contributed by atoms with Crippen LogP contribution in [0.25, 0.3) is 0 Å². The summed E-state index contributed by atoms with van der Waals surface area (Å²) >= 11 is 0. The largest absolute Gasteiger partial charge is 0.383 e. The summed E-state index contributed by atoms with van der Waals surface area (Å²) in [5.74, 6) is 0.683. The second-order valence-corrected chi connectivity index (χ2v) is 5.14. The Bertz CT molecular complexity index is 349. The van der Waals surface area contributed by atoms with E-state index < -0.39 is 0 Å². The minimum atomic E-state index is 0.683. The van der Waals surface area contributed by atoms with Gasteiger partial charge in [0, 0.05) is 25.9 Å². The Labute approximate surface area is 117 Å². The van der Waals surface area contributed by atoms with Crippen LogP contribution in [0.5, 0.6) is 0 Å². The van der Waals surface area contributed by atoms with Crippen LogP contribution < -0.4 is 5.32 Å². The van der Waals surface area contributed by atoms with Gasteiger partial charge in [0.2, 0.25) is 0 Å². The maximum absolute atomic E-state index is 5.02. The number of rotatable bonds is 10. The monoisotopic (exact) mass is 267 g/mol. The summed E-state index contributed by atoms with van der Waals surface area (Å²) in [6.07, 6.45) is 3.34. The number of aromatic nitrogens is 2. The van der Waals surface area contributed by atoms with Crippen molar-refractivity contribution in [2.45, 2.75) is 46.6 Å². The van der Waals surface area contributed by atoms with Gasteiger partial charge in [-0.05, 0) is 44.7 Å². The van der Waals surface area contributed by atoms with Crippen LogP contribution in [0, 0.1) is 5.92 Å². The molecule has 1 aromatic rings. The predicted octanol–water partition coefficient (Wildman–Crippen LogP) is 2.27. The van der Waals surface area contributed by atoms with Gasteiger partial charge >= 0.3 is 0 Å². The van der Waals surface area contributed by atoms with Crippen molar-refractivity contribution >= 4 is 0 Å². The molecule has 0 aliphatic rings. The molecule has 110 valence electrons. The number of hydrogen-bond acceptors (Lipinski definition) is 3. The third kappa shape index (κ3) is 5.74. The van der Waals surface area contributed by atoms with Crippen LogP contribution in [0.4, 0.5) is 0 Å². The van der Waals surface area contributed by atoms with E-state index in [1.165, 1.54) is 17.8 Å². The highest BCUT2D eigenvalue weighted by Gasteiger charge is 2.08. The van der Waals surface area contributed by atoms with Crippen LogP contribution in [-0.4, -0.2) is 36.6 Å². The standard InChI is InChI=1S/C15H29N3O/c1-5-14-11-15(18(6-2)17-14)8-7-13(3)12-16-9-10-19-4/h11,13,16H,5-10,12H2,1-4H3. The van der Waals surface area contributed by atoms with Crippen molar-refractivity contribution in [1.82, 2.24) is 15.1 Å². The lowest BCUT2D eigenvalue weighted by Gasteiger charge is -2.12. The van der Waals surface area contributed by atoms with Crippen molar-refractivity contribution < 1.29 is 4.74 Å². The lowest BCUT2D eigenvalue weighted by molar-refractivity contribution is 0.198. The summed E-state index contributed by atoms with van der Waals surface area (Å²) in [6, 6.07) is 2.26. The molecule has 0 saturated heterocycles. The van der Waals surface area contributed by atoms with Crippen molar-refractivity contribution in [3.63, 3.8) is 0 Å². The molecule has 4 heteroatoms. The lowest BCUT2D eigenvalue weighted by atomic mass is 10.0. The molecule has 1 heterocycles. The third-order valence-electron chi connectivity index (χ3n) is 3.44. The quantitative estimate of drug-likeness (QED) is 0.661. The summed E-state index contributed by atoms with van der Waals surface area (Å²) < 4.78 is 7.17. The SMILES string of the molecule is CCc1cc(CCC(C)CNCCOC)n(CC)n1. The molecule has 0 spiro atoms. The highest BCUT2D eigenvalue weighted by atomic mass is 16.5. The summed E-state index contributed by atoms with van der Waals surface area (Å²) in [4.78, 5) is 0. The Morgan fingerprint density at radius 1 is 1.42 bits per heavy atom. The van der Waals surface area contributed by atoms with Gasteiger partial charge in [-0.15, -0.1) is 0 Å². The molecule has 4 nitrogen and oxygen atoms in total. The van der Waals surface area contributed by atoms with Gasteiger partial charge in [0.25, 0.3) is 0 Å². The summed E-state index contributed by atoms with van der Waals surface area (Å²) in [5.41, 5.74) is 2.59. The maximum Gasteiger partial charge on any atom is 0.0624 e. The van der Waals surface area contributed by atoms with Gasteiger partial charge in [0.1, 0.15) is 0 Å². The molecule has 19 heavy (non-hydrogen) atoms. The fourth-order valence-corrected chi connectivity index (χ4v) is 2.18. The molecule has 1 N–H and O–H groups in total. The van der Waals surface area contributed by atoms with Crippen LogP contribution >= 0.6 is 0 Å². The molecule has 0 saturated carbocycles. The van der Waals surface area contributed by atoms with Gasteiger partial charge in [0.05, 0.1) is 12.3 Å². The molecule has 0 radical (unpaired) electrons. The highest BCUT2D eigenvalue weighted by Crippen LogP contribution is 2.11. The minimum Gasteiger partial charge on any atom is -0.383 e. The highest BCUT2D eigenvalue weighted by molar-refractivity contribution is 5.10. The molecule has 0 aliphatic carbocycles. The lowest BCUT2D eigenvalue weighted by Crippen LogP contribution is -2.25. The molecule has 1 atom stereocenters. The van der Waals surface area contributed by atoms with Gasteiger partial charge in [-0.25, -0.2) is 0 Å². The van der Waals surface area contributed by atoms with Gasteiger partial charge < -0.3 is 10.1 Å². The van der Waals surface area contributed by atoms with E-state index >= 15 is 0 Å². The number of hydrogen-bond donors (Lipinski definition) is 1. The third-order valence-corrected chi connectivity index (χ3v) is 3.44. The molecule has 1 unspecified atom stereocenters. The number of methoxy groups -OCH3 is 1. The Morgan fingerprint density at radius 3 is 2.84 bits per heavy atom. The van der Waals surface area contributed by atoms with Crippen molar-refractivity contribution in [2.75, 3.05) is 26.8 Å². The van der Waals surface area contributed by atoms with E-state index in [9.17, 15) is 0 Å². The first kappa shape index (κ1) is 16.2. The number of aryl methyl sites for hydroxylation is 3. The average Bonchev–Trinajstić information content (AvgIpc) is 2.84. The van der Waals surface area contributed by atoms with E-state index in [4.69, 9.17) is 4.74 Å². The van der Waals surface area contributed by atoms with E-state index in [0.29, 0.717) is 5.92 Å². The van der Waals surface area contributed by atoms with Crippen LogP contribution in [0.2, 0.25) is 0 Å². The van der Waals surface area contributed by atoms with E-state index in [0.717, 1.165) is 39.1 Å². The Morgan fingerprint density at radius 2 is 2.21 bits per heavy atom. The van der Waals surface area contributed by atoms with Gasteiger partial charge in [-0.2, -0.15) is 5.10 Å². The van der Waals surface area contributed by atoms with Gasteiger partial charge in [-0.3, -0.25) is 4.68 Å². The van der Waals surface area contributed by atoms with E-state index in [-0.39, 0.29) is 0 Å². The summed E-state index contributed by atoms with van der Waals surface area (Å²) in [6.45, 7) is 10.4. The van der Waals surface area contributed by atoms with Gasteiger partial charge in [0.15, 0.2) is 0 Å². The fourth-order valence-electron chi connectivity index (χ4n) is 2.18. The van der Waals surface area contributed by atoms with Crippen molar-refractivity contribution in [1.29, 1.82) is 0 Å². The minimum absolute atomic E-state index is 0.683. The van der Waals surface area contributed by atoms with Crippen LogP contribution in [0.15, 0.2) is 6.07 Å². The predicted molar refractivity (Wildman–Crippen MR) is 79.5 cm³/mol.